The van der Waals surface area contributed by atoms with Gasteiger partial charge in [0.05, 0.1) is 35.0 Å². The molecule has 0 aliphatic carbocycles. The summed E-state index contributed by atoms with van der Waals surface area (Å²) < 4.78 is 36.3. The lowest BCUT2D eigenvalue weighted by atomic mass is 9.93. The fraction of sp³-hybridized carbons (Fsp3) is 0.481. The summed E-state index contributed by atoms with van der Waals surface area (Å²) in [5.41, 5.74) is 2.08. The van der Waals surface area contributed by atoms with Gasteiger partial charge >= 0.3 is 0 Å². The number of likely N-dealkylation sites (tertiary alicyclic amines) is 1. The van der Waals surface area contributed by atoms with E-state index in [4.69, 9.17) is 14.7 Å². The minimum Gasteiger partial charge on any atom is -0.378 e. The van der Waals surface area contributed by atoms with Crippen molar-refractivity contribution >= 4 is 38.3 Å². The Morgan fingerprint density at radius 3 is 2.76 bits per heavy atom. The highest BCUT2D eigenvalue weighted by Gasteiger charge is 2.37. The Morgan fingerprint density at radius 1 is 1.11 bits per heavy atom. The standard InChI is InChI=1S/C27H30F2N6OS/c28-16-2-1-9-35(15-16)24(20-6-8-31-20)22-14-21-25(37-22)27(34-10-12-36-13-11-34)33-26(32-21)23-17-5-7-30-19(17)4-3-18(23)29/h3-5,7,14,16,20,24,30-31H,1-2,6,8-13,15H2. The smallest absolute Gasteiger partial charge is 0.165 e. The van der Waals surface area contributed by atoms with Gasteiger partial charge in [0, 0.05) is 47.7 Å². The average molecular weight is 525 g/mol. The van der Waals surface area contributed by atoms with Gasteiger partial charge in [0.15, 0.2) is 11.6 Å². The van der Waals surface area contributed by atoms with Crippen LogP contribution in [0.1, 0.15) is 30.2 Å². The van der Waals surface area contributed by atoms with Crippen LogP contribution in [0.25, 0.3) is 32.5 Å². The molecule has 6 heterocycles. The van der Waals surface area contributed by atoms with E-state index < -0.39 is 6.17 Å². The van der Waals surface area contributed by atoms with E-state index in [2.05, 4.69) is 26.2 Å². The summed E-state index contributed by atoms with van der Waals surface area (Å²) in [7, 11) is 0. The van der Waals surface area contributed by atoms with Crippen LogP contribution in [0.3, 0.4) is 0 Å². The van der Waals surface area contributed by atoms with E-state index in [-0.39, 0.29) is 11.9 Å². The zero-order valence-corrected chi connectivity index (χ0v) is 21.4. The molecular weight excluding hydrogens is 494 g/mol. The fourth-order valence-corrected chi connectivity index (χ4v) is 7.25. The summed E-state index contributed by atoms with van der Waals surface area (Å²) >= 11 is 1.70. The van der Waals surface area contributed by atoms with Crippen molar-refractivity contribution in [3.63, 3.8) is 0 Å². The number of benzene rings is 1. The predicted molar refractivity (Wildman–Crippen MR) is 143 cm³/mol. The van der Waals surface area contributed by atoms with E-state index in [1.54, 1.807) is 17.4 Å². The Balaban J connectivity index is 1.39. The molecule has 194 valence electrons. The Labute approximate surface area is 217 Å². The molecule has 3 aliphatic heterocycles. The molecule has 2 N–H and O–H groups in total. The lowest BCUT2D eigenvalue weighted by molar-refractivity contribution is 0.0656. The van der Waals surface area contributed by atoms with Crippen molar-refractivity contribution in [3.8, 4) is 11.4 Å². The predicted octanol–water partition coefficient (Wildman–Crippen LogP) is 4.65. The first-order chi connectivity index (χ1) is 18.2. The number of H-pyrrole nitrogens is 1. The van der Waals surface area contributed by atoms with Gasteiger partial charge in [-0.15, -0.1) is 11.3 Å². The summed E-state index contributed by atoms with van der Waals surface area (Å²) in [6.07, 6.45) is 3.61. The second-order valence-electron chi connectivity index (χ2n) is 10.2. The maximum atomic E-state index is 15.3. The van der Waals surface area contributed by atoms with Crippen molar-refractivity contribution < 1.29 is 13.5 Å². The Morgan fingerprint density at radius 2 is 1.97 bits per heavy atom. The van der Waals surface area contributed by atoms with E-state index in [1.165, 1.54) is 10.9 Å². The number of halogens is 2. The highest BCUT2D eigenvalue weighted by atomic mass is 32.1. The number of hydrogen-bond donors (Lipinski definition) is 2. The third-order valence-corrected chi connectivity index (χ3v) is 9.10. The summed E-state index contributed by atoms with van der Waals surface area (Å²) in [6.45, 7) is 5.04. The van der Waals surface area contributed by atoms with Crippen LogP contribution >= 0.6 is 11.3 Å². The van der Waals surface area contributed by atoms with Gasteiger partial charge in [-0.3, -0.25) is 4.90 Å². The van der Waals surface area contributed by atoms with E-state index in [9.17, 15) is 4.39 Å². The quantitative estimate of drug-likeness (QED) is 0.396. The minimum absolute atomic E-state index is 0.0948. The van der Waals surface area contributed by atoms with Gasteiger partial charge < -0.3 is 19.9 Å². The van der Waals surface area contributed by atoms with Crippen molar-refractivity contribution in [2.24, 2.45) is 0 Å². The molecule has 1 aromatic carbocycles. The van der Waals surface area contributed by atoms with Crippen molar-refractivity contribution in [1.29, 1.82) is 0 Å². The van der Waals surface area contributed by atoms with Crippen molar-refractivity contribution in [3.05, 3.63) is 41.2 Å². The number of fused-ring (bicyclic) bond motifs is 2. The topological polar surface area (TPSA) is 69.3 Å². The number of anilines is 1. The molecule has 0 spiro atoms. The van der Waals surface area contributed by atoms with Gasteiger partial charge in [-0.2, -0.15) is 0 Å². The molecule has 4 aromatic rings. The summed E-state index contributed by atoms with van der Waals surface area (Å²) in [5.74, 6) is 0.878. The number of thiophene rings is 1. The molecule has 37 heavy (non-hydrogen) atoms. The third-order valence-electron chi connectivity index (χ3n) is 7.91. The van der Waals surface area contributed by atoms with Gasteiger partial charge in [0.2, 0.25) is 0 Å². The van der Waals surface area contributed by atoms with Crippen LogP contribution < -0.4 is 10.2 Å². The van der Waals surface area contributed by atoms with E-state index in [0.29, 0.717) is 43.6 Å². The number of aromatic amines is 1. The summed E-state index contributed by atoms with van der Waals surface area (Å²) in [6, 6.07) is 7.61. The molecule has 10 heteroatoms. The molecule has 3 saturated heterocycles. The highest BCUT2D eigenvalue weighted by Crippen LogP contribution is 2.42. The van der Waals surface area contributed by atoms with Gasteiger partial charge in [-0.05, 0) is 56.6 Å². The lowest BCUT2D eigenvalue weighted by Crippen LogP contribution is -2.54. The molecule has 3 aromatic heterocycles. The van der Waals surface area contributed by atoms with Crippen LogP contribution in [-0.2, 0) is 4.74 Å². The van der Waals surface area contributed by atoms with E-state index in [1.807, 2.05) is 12.3 Å². The first kappa shape index (κ1) is 23.5. The van der Waals surface area contributed by atoms with E-state index in [0.717, 1.165) is 66.0 Å². The highest BCUT2D eigenvalue weighted by molar-refractivity contribution is 7.19. The number of piperidine rings is 1. The number of alkyl halides is 1. The molecule has 0 amide bonds. The largest absolute Gasteiger partial charge is 0.378 e. The molecule has 3 unspecified atom stereocenters. The van der Waals surface area contributed by atoms with Crippen LogP contribution in [0.4, 0.5) is 14.6 Å². The number of rotatable bonds is 5. The second-order valence-corrected chi connectivity index (χ2v) is 11.3. The van der Waals surface area contributed by atoms with Crippen molar-refractivity contribution in [2.75, 3.05) is 50.8 Å². The molecule has 0 saturated carbocycles. The normalized spacial score (nSPS) is 24.0. The van der Waals surface area contributed by atoms with Crippen LogP contribution in [0.5, 0.6) is 0 Å². The fourth-order valence-electron chi connectivity index (χ4n) is 5.93. The molecule has 7 nitrogen and oxygen atoms in total. The number of morpholine rings is 1. The number of aromatic nitrogens is 3. The maximum absolute atomic E-state index is 15.3. The first-order valence-corrected chi connectivity index (χ1v) is 14.0. The number of hydrogen-bond acceptors (Lipinski definition) is 7. The zero-order chi connectivity index (χ0) is 24.9. The molecular formula is C27H30F2N6OS. The van der Waals surface area contributed by atoms with Gasteiger partial charge in [-0.1, -0.05) is 0 Å². The van der Waals surface area contributed by atoms with Crippen LogP contribution in [-0.4, -0.2) is 78.0 Å². The molecule has 0 bridgehead atoms. The van der Waals surface area contributed by atoms with Crippen LogP contribution in [0.2, 0.25) is 0 Å². The monoisotopic (exact) mass is 524 g/mol. The Hall–Kier alpha value is -2.66. The number of nitrogens with zero attached hydrogens (tertiary/aromatic N) is 4. The Bertz CT molecular complexity index is 1430. The van der Waals surface area contributed by atoms with E-state index >= 15 is 4.39 Å². The minimum atomic E-state index is -0.786. The molecule has 3 fully saturated rings. The number of ether oxygens (including phenoxy) is 1. The van der Waals surface area contributed by atoms with Crippen molar-refractivity contribution in [1.82, 2.24) is 25.2 Å². The van der Waals surface area contributed by atoms with Crippen LogP contribution in [0, 0.1) is 5.82 Å². The summed E-state index contributed by atoms with van der Waals surface area (Å²) in [5, 5.41) is 4.33. The lowest BCUT2D eigenvalue weighted by Gasteiger charge is -2.43. The maximum Gasteiger partial charge on any atom is 0.165 e. The van der Waals surface area contributed by atoms with Gasteiger partial charge in [0.1, 0.15) is 12.0 Å². The summed E-state index contributed by atoms with van der Waals surface area (Å²) in [4.78, 5) is 18.8. The van der Waals surface area contributed by atoms with Gasteiger partial charge in [-0.25, -0.2) is 18.7 Å². The second kappa shape index (κ2) is 9.58. The zero-order valence-electron chi connectivity index (χ0n) is 20.6. The molecule has 3 atom stereocenters. The third kappa shape index (κ3) is 4.20. The number of nitrogens with one attached hydrogen (secondary N) is 2. The molecule has 7 rings (SSSR count). The molecule has 3 aliphatic rings. The molecule has 0 radical (unpaired) electrons. The Kier molecular flexibility index (Phi) is 6.07. The SMILES string of the molecule is Fc1ccc2[nH]ccc2c1-c1nc(N2CCOCC2)c2sc(C(C3CCN3)N3CCCC(F)C3)cc2n1. The van der Waals surface area contributed by atoms with Crippen molar-refractivity contribution in [2.45, 2.75) is 37.5 Å². The van der Waals surface area contributed by atoms with Gasteiger partial charge in [0.25, 0.3) is 0 Å². The van der Waals surface area contributed by atoms with Crippen LogP contribution in [0.15, 0.2) is 30.5 Å². The average Bonchev–Trinajstić information content (AvgIpc) is 3.53. The first-order valence-electron chi connectivity index (χ1n) is 13.2.